The van der Waals surface area contributed by atoms with Crippen LogP contribution in [0.1, 0.15) is 36.6 Å². The van der Waals surface area contributed by atoms with Crippen LogP contribution < -0.4 is 4.74 Å². The van der Waals surface area contributed by atoms with Crippen molar-refractivity contribution in [3.8, 4) is 5.75 Å². The second kappa shape index (κ2) is 10.5. The van der Waals surface area contributed by atoms with Gasteiger partial charge in [0.05, 0.1) is 29.8 Å². The first-order chi connectivity index (χ1) is 16.1. The number of hydrogen-bond acceptors (Lipinski definition) is 7. The topological polar surface area (TPSA) is 119 Å². The Hall–Kier alpha value is -3.72. The van der Waals surface area contributed by atoms with Crippen molar-refractivity contribution >= 4 is 23.1 Å². The summed E-state index contributed by atoms with van der Waals surface area (Å²) < 4.78 is 10.8. The van der Waals surface area contributed by atoms with E-state index >= 15 is 0 Å². The fourth-order valence-corrected chi connectivity index (χ4v) is 3.85. The number of likely N-dealkylation sites (tertiary alicyclic amines) is 1. The highest BCUT2D eigenvalue weighted by atomic mass is 16.6. The normalized spacial score (nSPS) is 17.4. The number of carbonyl (C=O) groups excluding carboxylic acids is 2. The van der Waals surface area contributed by atoms with Crippen molar-refractivity contribution in [2.45, 2.75) is 26.8 Å². The summed E-state index contributed by atoms with van der Waals surface area (Å²) in [5.41, 5.74) is 1.07. The summed E-state index contributed by atoms with van der Waals surface area (Å²) in [4.78, 5) is 38.0. The first kappa shape index (κ1) is 24.9. The minimum Gasteiger partial charge on any atom is -0.507 e. The highest BCUT2D eigenvalue weighted by Crippen LogP contribution is 2.40. The lowest BCUT2D eigenvalue weighted by Crippen LogP contribution is -2.32. The van der Waals surface area contributed by atoms with Gasteiger partial charge < -0.3 is 19.5 Å². The van der Waals surface area contributed by atoms with Crippen molar-refractivity contribution in [3.63, 3.8) is 0 Å². The van der Waals surface area contributed by atoms with Crippen molar-refractivity contribution in [1.29, 1.82) is 0 Å². The van der Waals surface area contributed by atoms with Crippen molar-refractivity contribution in [3.05, 3.63) is 74.8 Å². The standard InChI is InChI=1S/C25H28N2O7/c1-15(2)14-34-19-8-9-20(16(3)12-19)23(28)21-22(17-6-5-7-18(13-17)27(31)32)26(10-11-33-4)25(30)24(21)29/h5-9,12-13,15,22,28H,10-11,14H2,1-4H3/b23-21+. The number of aryl methyl sites for hydroxylation is 1. The molecule has 0 saturated carbocycles. The Bertz CT molecular complexity index is 1140. The molecule has 1 unspecified atom stereocenters. The van der Waals surface area contributed by atoms with Gasteiger partial charge in [0.2, 0.25) is 0 Å². The van der Waals surface area contributed by atoms with Crippen LogP contribution in [0.5, 0.6) is 5.75 Å². The van der Waals surface area contributed by atoms with Crippen molar-refractivity contribution < 1.29 is 29.1 Å². The summed E-state index contributed by atoms with van der Waals surface area (Å²) in [6, 6.07) is 9.78. The van der Waals surface area contributed by atoms with E-state index in [0.717, 1.165) is 0 Å². The molecular weight excluding hydrogens is 440 g/mol. The summed E-state index contributed by atoms with van der Waals surface area (Å²) in [5.74, 6) is -1.04. The largest absolute Gasteiger partial charge is 0.507 e. The second-order valence-corrected chi connectivity index (χ2v) is 8.52. The molecule has 1 saturated heterocycles. The summed E-state index contributed by atoms with van der Waals surface area (Å²) >= 11 is 0. The maximum Gasteiger partial charge on any atom is 0.295 e. The van der Waals surface area contributed by atoms with Gasteiger partial charge in [0, 0.05) is 31.4 Å². The lowest BCUT2D eigenvalue weighted by Gasteiger charge is -2.25. The molecule has 2 aromatic carbocycles. The van der Waals surface area contributed by atoms with Gasteiger partial charge in [0.1, 0.15) is 11.5 Å². The number of aliphatic hydroxyl groups is 1. The molecule has 1 aliphatic heterocycles. The van der Waals surface area contributed by atoms with Crippen LogP contribution in [-0.4, -0.2) is 53.5 Å². The van der Waals surface area contributed by atoms with Crippen molar-refractivity contribution in [1.82, 2.24) is 4.90 Å². The minimum atomic E-state index is -0.994. The molecule has 9 heteroatoms. The first-order valence-electron chi connectivity index (χ1n) is 10.9. The number of carbonyl (C=O) groups is 2. The third-order valence-electron chi connectivity index (χ3n) is 5.51. The number of non-ortho nitro benzene ring substituents is 1. The Balaban J connectivity index is 2.12. The molecule has 1 atom stereocenters. The van der Waals surface area contributed by atoms with E-state index in [1.807, 2.05) is 13.8 Å². The maximum atomic E-state index is 13.0. The Morgan fingerprint density at radius 1 is 1.21 bits per heavy atom. The summed E-state index contributed by atoms with van der Waals surface area (Å²) in [6.45, 7) is 6.58. The van der Waals surface area contributed by atoms with Gasteiger partial charge in [-0.15, -0.1) is 0 Å². The number of hydrogen-bond donors (Lipinski definition) is 1. The van der Waals surface area contributed by atoms with Crippen LogP contribution in [0.25, 0.3) is 5.76 Å². The predicted molar refractivity (Wildman–Crippen MR) is 125 cm³/mol. The van der Waals surface area contributed by atoms with Crippen LogP contribution in [0.4, 0.5) is 5.69 Å². The number of rotatable bonds is 9. The number of Topliss-reactive ketones (excluding diaryl/α,β-unsaturated/α-hetero) is 1. The van der Waals surface area contributed by atoms with Gasteiger partial charge in [-0.25, -0.2) is 0 Å². The number of methoxy groups -OCH3 is 1. The molecule has 0 spiro atoms. The molecule has 180 valence electrons. The van der Waals surface area contributed by atoms with Crippen LogP contribution in [0, 0.1) is 23.0 Å². The zero-order valence-corrected chi connectivity index (χ0v) is 19.6. The lowest BCUT2D eigenvalue weighted by atomic mass is 9.93. The number of amides is 1. The molecule has 2 aromatic rings. The fourth-order valence-electron chi connectivity index (χ4n) is 3.85. The van der Waals surface area contributed by atoms with Crippen LogP contribution in [0.3, 0.4) is 0 Å². The molecule has 34 heavy (non-hydrogen) atoms. The number of nitro groups is 1. The SMILES string of the molecule is COCCN1C(=O)C(=O)/C(=C(/O)c2ccc(OCC(C)C)cc2C)C1c1cccc([N+](=O)[O-])c1. The van der Waals surface area contributed by atoms with Gasteiger partial charge in [-0.1, -0.05) is 26.0 Å². The van der Waals surface area contributed by atoms with Gasteiger partial charge in [-0.2, -0.15) is 0 Å². The minimum absolute atomic E-state index is 0.0756. The van der Waals surface area contributed by atoms with E-state index in [1.54, 1.807) is 31.2 Å². The van der Waals surface area contributed by atoms with Crippen molar-refractivity contribution in [2.24, 2.45) is 5.92 Å². The number of ether oxygens (including phenoxy) is 2. The van der Waals surface area contributed by atoms with E-state index in [2.05, 4.69) is 0 Å². The van der Waals surface area contributed by atoms with E-state index in [9.17, 15) is 24.8 Å². The molecule has 0 radical (unpaired) electrons. The van der Waals surface area contributed by atoms with Crippen LogP contribution in [-0.2, 0) is 14.3 Å². The Labute approximate surface area is 197 Å². The average molecular weight is 469 g/mol. The fraction of sp³-hybridized carbons (Fsp3) is 0.360. The third-order valence-corrected chi connectivity index (χ3v) is 5.51. The molecule has 1 fully saturated rings. The zero-order chi connectivity index (χ0) is 25.0. The van der Waals surface area contributed by atoms with E-state index in [4.69, 9.17) is 9.47 Å². The molecule has 9 nitrogen and oxygen atoms in total. The van der Waals surface area contributed by atoms with Crippen LogP contribution in [0.15, 0.2) is 48.0 Å². The van der Waals surface area contributed by atoms with Gasteiger partial charge in [0.25, 0.3) is 17.4 Å². The molecule has 0 aliphatic carbocycles. The summed E-state index contributed by atoms with van der Waals surface area (Å²) in [6.07, 6.45) is 0. The average Bonchev–Trinajstić information content (AvgIpc) is 3.06. The number of aliphatic hydroxyl groups excluding tert-OH is 1. The van der Waals surface area contributed by atoms with E-state index in [1.165, 1.54) is 30.2 Å². The van der Waals surface area contributed by atoms with Crippen molar-refractivity contribution in [2.75, 3.05) is 26.9 Å². The quantitative estimate of drug-likeness (QED) is 0.194. The van der Waals surface area contributed by atoms with Crippen LogP contribution >= 0.6 is 0 Å². The highest BCUT2D eigenvalue weighted by molar-refractivity contribution is 6.46. The van der Waals surface area contributed by atoms with Crippen LogP contribution in [0.2, 0.25) is 0 Å². The molecule has 1 amide bonds. The predicted octanol–water partition coefficient (Wildman–Crippen LogP) is 4.01. The molecular formula is C25H28N2O7. The van der Waals surface area contributed by atoms with Gasteiger partial charge in [0.15, 0.2) is 0 Å². The number of nitrogens with zero attached hydrogens (tertiary/aromatic N) is 2. The molecule has 0 bridgehead atoms. The Kier molecular flexibility index (Phi) is 7.68. The monoisotopic (exact) mass is 468 g/mol. The van der Waals surface area contributed by atoms with E-state index < -0.39 is 22.7 Å². The first-order valence-corrected chi connectivity index (χ1v) is 10.9. The molecule has 3 rings (SSSR count). The molecule has 1 aliphatic rings. The highest BCUT2D eigenvalue weighted by Gasteiger charge is 2.46. The summed E-state index contributed by atoms with van der Waals surface area (Å²) in [5, 5.41) is 22.5. The van der Waals surface area contributed by atoms with Gasteiger partial charge >= 0.3 is 0 Å². The number of nitro benzene ring substituents is 1. The van der Waals surface area contributed by atoms with Gasteiger partial charge in [-0.3, -0.25) is 19.7 Å². The molecule has 1 heterocycles. The van der Waals surface area contributed by atoms with E-state index in [0.29, 0.717) is 35.0 Å². The maximum absolute atomic E-state index is 13.0. The molecule has 0 aromatic heterocycles. The Morgan fingerprint density at radius 2 is 1.94 bits per heavy atom. The lowest BCUT2D eigenvalue weighted by molar-refractivity contribution is -0.384. The zero-order valence-electron chi connectivity index (χ0n) is 19.6. The Morgan fingerprint density at radius 3 is 2.56 bits per heavy atom. The third kappa shape index (κ3) is 5.09. The second-order valence-electron chi connectivity index (χ2n) is 8.52. The summed E-state index contributed by atoms with van der Waals surface area (Å²) in [7, 11) is 1.46. The number of ketones is 1. The smallest absolute Gasteiger partial charge is 0.295 e. The molecule has 1 N–H and O–H groups in total. The van der Waals surface area contributed by atoms with Gasteiger partial charge in [-0.05, 0) is 42.2 Å². The number of benzene rings is 2. The van der Waals surface area contributed by atoms with E-state index in [-0.39, 0.29) is 30.2 Å².